The lowest BCUT2D eigenvalue weighted by molar-refractivity contribution is -0.143. The van der Waals surface area contributed by atoms with Crippen LogP contribution in [0.2, 0.25) is 5.02 Å². The average Bonchev–Trinajstić information content (AvgIpc) is 2.84. The summed E-state index contributed by atoms with van der Waals surface area (Å²) in [5.74, 6) is 0. The van der Waals surface area contributed by atoms with E-state index in [0.717, 1.165) is 36.6 Å². The third kappa shape index (κ3) is 4.94. The fourth-order valence-corrected chi connectivity index (χ4v) is 3.97. The average molecular weight is 486 g/mol. The van der Waals surface area contributed by atoms with Crippen molar-refractivity contribution in [3.8, 4) is 0 Å². The maximum atomic E-state index is 13.0. The molecule has 1 aromatic heterocycles. The summed E-state index contributed by atoms with van der Waals surface area (Å²) < 4.78 is 40.9. The number of rotatable bonds is 3. The van der Waals surface area contributed by atoms with Gasteiger partial charge in [0, 0.05) is 21.7 Å². The summed E-state index contributed by atoms with van der Waals surface area (Å²) in [6, 6.07) is 3.54. The van der Waals surface area contributed by atoms with Crippen LogP contribution in [0, 0.1) is 6.92 Å². The molecule has 2 nitrogen and oxygen atoms in total. The Bertz CT molecular complexity index is 983. The molecule has 0 spiro atoms. The molecular weight excluding hydrogens is 468 g/mol. The Balaban J connectivity index is 2.61. The highest BCUT2D eigenvalue weighted by Crippen LogP contribution is 2.50. The first-order valence-electron chi connectivity index (χ1n) is 7.43. The maximum absolute atomic E-state index is 13.0. The van der Waals surface area contributed by atoms with Gasteiger partial charge >= 0.3 is 6.18 Å². The molecule has 0 bridgehead atoms. The van der Waals surface area contributed by atoms with Crippen LogP contribution in [0.3, 0.4) is 0 Å². The fraction of sp³-hybridized carbons (Fsp3) is 0.294. The standard InChI is InChI=1S/C17H18BrClF3N2PS/c1-10-6-12(19)11(8-15(18)25(3,4)5)7-13(10)23-16-24(2)14(9-26-16)17(20,21)22/h6-9H,3H2,1-2,4-5H3/b15-8+,23-16?. The van der Waals surface area contributed by atoms with E-state index < -0.39 is 18.8 Å². The van der Waals surface area contributed by atoms with Gasteiger partial charge in [-0.1, -0.05) is 40.7 Å². The summed E-state index contributed by atoms with van der Waals surface area (Å²) in [6.45, 7) is 4.45. The minimum absolute atomic E-state index is 0.265. The van der Waals surface area contributed by atoms with Crippen molar-refractivity contribution < 1.29 is 13.2 Å². The lowest BCUT2D eigenvalue weighted by Gasteiger charge is -2.12. The van der Waals surface area contributed by atoms with E-state index in [1.165, 1.54) is 7.05 Å². The number of halogens is 5. The summed E-state index contributed by atoms with van der Waals surface area (Å²) in [6.07, 6.45) is 1.66. The zero-order chi connectivity index (χ0) is 19.9. The number of aromatic nitrogens is 1. The highest BCUT2D eigenvalue weighted by atomic mass is 79.9. The Hall–Kier alpha value is -0.750. The Morgan fingerprint density at radius 1 is 1.38 bits per heavy atom. The number of benzene rings is 1. The van der Waals surface area contributed by atoms with Gasteiger partial charge in [0.2, 0.25) is 0 Å². The minimum Gasteiger partial charge on any atom is -0.316 e. The van der Waals surface area contributed by atoms with Crippen molar-refractivity contribution in [1.29, 1.82) is 0 Å². The molecule has 142 valence electrons. The molecule has 0 N–H and O–H groups in total. The number of nitrogens with zero attached hydrogens (tertiary/aromatic N) is 2. The maximum Gasteiger partial charge on any atom is 0.432 e. The number of hydrogen-bond donors (Lipinski definition) is 0. The minimum atomic E-state index is -4.41. The summed E-state index contributed by atoms with van der Waals surface area (Å²) in [7, 11) is 1.36. The topological polar surface area (TPSA) is 17.3 Å². The zero-order valence-electron chi connectivity index (χ0n) is 14.7. The van der Waals surface area contributed by atoms with E-state index in [1.54, 1.807) is 12.1 Å². The molecule has 0 fully saturated rings. The van der Waals surface area contributed by atoms with Crippen molar-refractivity contribution in [3.05, 3.63) is 48.4 Å². The van der Waals surface area contributed by atoms with Gasteiger partial charge in [0.05, 0.1) is 5.69 Å². The van der Waals surface area contributed by atoms with Gasteiger partial charge in [0.1, 0.15) is 5.69 Å². The van der Waals surface area contributed by atoms with Crippen LogP contribution in [0.1, 0.15) is 16.8 Å². The van der Waals surface area contributed by atoms with Crippen molar-refractivity contribution in [1.82, 2.24) is 4.57 Å². The Kier molecular flexibility index (Phi) is 6.39. The first kappa shape index (κ1) is 21.5. The molecule has 2 aromatic rings. The molecule has 9 heteroatoms. The molecule has 2 rings (SSSR count). The van der Waals surface area contributed by atoms with E-state index in [0.29, 0.717) is 10.7 Å². The molecule has 0 saturated carbocycles. The summed E-state index contributed by atoms with van der Waals surface area (Å²) in [5.41, 5.74) is 1.38. The van der Waals surface area contributed by atoms with Gasteiger partial charge in [-0.25, -0.2) is 4.99 Å². The van der Waals surface area contributed by atoms with Crippen LogP contribution in [-0.4, -0.2) is 24.2 Å². The van der Waals surface area contributed by atoms with Crippen LogP contribution < -0.4 is 4.80 Å². The molecule has 0 amide bonds. The van der Waals surface area contributed by atoms with Crippen LogP contribution in [0.25, 0.3) is 6.08 Å². The van der Waals surface area contributed by atoms with Crippen LogP contribution >= 0.6 is 45.8 Å². The van der Waals surface area contributed by atoms with E-state index in [1.807, 2.05) is 13.0 Å². The van der Waals surface area contributed by atoms with Crippen molar-refractivity contribution in [2.45, 2.75) is 13.1 Å². The van der Waals surface area contributed by atoms with Crippen LogP contribution in [-0.2, 0) is 13.2 Å². The Labute approximate surface area is 168 Å². The van der Waals surface area contributed by atoms with E-state index in [-0.39, 0.29) is 4.80 Å². The van der Waals surface area contributed by atoms with Crippen molar-refractivity contribution in [2.24, 2.45) is 12.0 Å². The van der Waals surface area contributed by atoms with E-state index in [2.05, 4.69) is 40.6 Å². The molecule has 0 radical (unpaired) electrons. The fourth-order valence-electron chi connectivity index (χ4n) is 2.04. The molecule has 0 aliphatic heterocycles. The third-order valence-corrected chi connectivity index (χ3v) is 9.24. The van der Waals surface area contributed by atoms with Crippen LogP contribution in [0.5, 0.6) is 0 Å². The largest absolute Gasteiger partial charge is 0.432 e. The molecule has 0 unspecified atom stereocenters. The molecule has 0 aliphatic rings. The van der Waals surface area contributed by atoms with Crippen molar-refractivity contribution in [2.75, 3.05) is 13.3 Å². The van der Waals surface area contributed by atoms with Gasteiger partial charge in [0.25, 0.3) is 0 Å². The monoisotopic (exact) mass is 484 g/mol. The van der Waals surface area contributed by atoms with E-state index in [4.69, 9.17) is 11.6 Å². The van der Waals surface area contributed by atoms with Crippen molar-refractivity contribution in [3.63, 3.8) is 0 Å². The Morgan fingerprint density at radius 3 is 2.50 bits per heavy atom. The summed E-state index contributed by atoms with van der Waals surface area (Å²) in [4.78, 5) is 4.68. The van der Waals surface area contributed by atoms with Crippen molar-refractivity contribution >= 4 is 63.8 Å². The quantitative estimate of drug-likeness (QED) is 0.430. The van der Waals surface area contributed by atoms with Gasteiger partial charge < -0.3 is 4.57 Å². The molecule has 0 aliphatic carbocycles. The van der Waals surface area contributed by atoms with Gasteiger partial charge in [-0.3, -0.25) is 0 Å². The predicted octanol–water partition coefficient (Wildman–Crippen LogP) is 6.70. The second kappa shape index (κ2) is 7.70. The van der Waals surface area contributed by atoms with E-state index in [9.17, 15) is 13.2 Å². The smallest absolute Gasteiger partial charge is 0.316 e. The van der Waals surface area contributed by atoms with E-state index >= 15 is 0 Å². The van der Waals surface area contributed by atoms with Crippen LogP contribution in [0.15, 0.2) is 26.7 Å². The molecule has 0 atom stereocenters. The first-order chi connectivity index (χ1) is 11.8. The lowest BCUT2D eigenvalue weighted by atomic mass is 10.1. The molecule has 26 heavy (non-hydrogen) atoms. The molecular formula is C17H18BrClF3N2PS. The second-order valence-corrected chi connectivity index (χ2v) is 12.9. The molecule has 1 heterocycles. The normalized spacial score (nSPS) is 14.2. The van der Waals surface area contributed by atoms with Gasteiger partial charge in [-0.2, -0.15) is 13.2 Å². The number of hydrogen-bond acceptors (Lipinski definition) is 2. The van der Waals surface area contributed by atoms with Gasteiger partial charge in [-0.05, 0) is 49.6 Å². The highest BCUT2D eigenvalue weighted by Gasteiger charge is 2.34. The Morgan fingerprint density at radius 2 is 2.00 bits per heavy atom. The second-order valence-electron chi connectivity index (χ2n) is 6.38. The number of aryl methyl sites for hydroxylation is 1. The summed E-state index contributed by atoms with van der Waals surface area (Å²) >= 11 is 10.8. The number of alkyl halides is 3. The van der Waals surface area contributed by atoms with Crippen LogP contribution in [0.4, 0.5) is 18.9 Å². The van der Waals surface area contributed by atoms with Gasteiger partial charge in [-0.15, -0.1) is 11.3 Å². The predicted molar refractivity (Wildman–Crippen MR) is 112 cm³/mol. The third-order valence-electron chi connectivity index (χ3n) is 3.60. The SMILES string of the molecule is C=P(C)(C)/C(Br)=C/c1cc(N=c2scc(C(F)(F)F)n2C)c(C)cc1Cl. The van der Waals surface area contributed by atoms with Gasteiger partial charge in [0.15, 0.2) is 4.80 Å². The zero-order valence-corrected chi connectivity index (χ0v) is 18.7. The summed E-state index contributed by atoms with van der Waals surface area (Å²) in [5, 5.41) is 1.62. The first-order valence-corrected chi connectivity index (χ1v) is 12.4. The number of thiazole rings is 1. The molecule has 0 saturated heterocycles. The highest BCUT2D eigenvalue weighted by molar-refractivity contribution is 9.13. The molecule has 1 aromatic carbocycles. The lowest BCUT2D eigenvalue weighted by Crippen LogP contribution is -2.18.